The predicted molar refractivity (Wildman–Crippen MR) is 127 cm³/mol. The highest BCUT2D eigenvalue weighted by molar-refractivity contribution is 5.70. The third-order valence-electron chi connectivity index (χ3n) is 5.29. The third-order valence-corrected chi connectivity index (χ3v) is 5.29. The summed E-state index contributed by atoms with van der Waals surface area (Å²) in [5, 5.41) is 12.1. The number of hydrogen-bond donors (Lipinski definition) is 1. The molecule has 0 aliphatic rings. The summed E-state index contributed by atoms with van der Waals surface area (Å²) in [7, 11) is 1.77. The Hall–Kier alpha value is -2.86. The third kappa shape index (κ3) is 7.19. The zero-order valence-electron chi connectivity index (χ0n) is 19.1. The number of halogens is 1. The maximum Gasteiger partial charge on any atom is 0.130 e. The van der Waals surface area contributed by atoms with E-state index in [9.17, 15) is 9.65 Å². The van der Waals surface area contributed by atoms with E-state index >= 15 is 0 Å². The van der Waals surface area contributed by atoms with Gasteiger partial charge < -0.3 is 5.32 Å². The van der Waals surface area contributed by atoms with Crippen molar-refractivity contribution in [1.82, 2.24) is 5.32 Å². The van der Waals surface area contributed by atoms with Crippen molar-refractivity contribution >= 4 is 5.57 Å². The Labute approximate surface area is 182 Å². The smallest absolute Gasteiger partial charge is 0.130 e. The Kier molecular flexibility index (Phi) is 10.1. The number of nitrogens with one attached hydrogen (secondary N) is 1. The quantitative estimate of drug-likeness (QED) is 0.290. The highest BCUT2D eigenvalue weighted by atomic mass is 19.1. The van der Waals surface area contributed by atoms with Crippen LogP contribution in [0.25, 0.3) is 5.57 Å². The monoisotopic (exact) mass is 406 g/mol. The number of allylic oxidation sites excluding steroid dienone is 2. The van der Waals surface area contributed by atoms with Gasteiger partial charge in [0.1, 0.15) is 17.4 Å². The maximum absolute atomic E-state index is 14.1. The van der Waals surface area contributed by atoms with Crippen molar-refractivity contribution in [3.05, 3.63) is 89.1 Å². The largest absolute Gasteiger partial charge is 0.379 e. The van der Waals surface area contributed by atoms with Gasteiger partial charge in [0, 0.05) is 7.05 Å². The molecule has 0 unspecified atom stereocenters. The molecule has 0 saturated carbocycles. The van der Waals surface area contributed by atoms with E-state index in [4.69, 9.17) is 0 Å². The van der Waals surface area contributed by atoms with E-state index in [0.717, 1.165) is 42.4 Å². The molecule has 0 bridgehead atoms. The van der Waals surface area contributed by atoms with Crippen molar-refractivity contribution < 1.29 is 4.39 Å². The fraction of sp³-hybridized carbons (Fsp3) is 0.370. The minimum atomic E-state index is -1.29. The Bertz CT molecular complexity index is 898. The van der Waals surface area contributed by atoms with E-state index in [1.165, 1.54) is 16.7 Å². The fourth-order valence-corrected chi connectivity index (χ4v) is 3.42. The number of benzene rings is 2. The first kappa shape index (κ1) is 25.2. The van der Waals surface area contributed by atoms with E-state index in [-0.39, 0.29) is 0 Å². The number of hydrogen-bond acceptors (Lipinski definition) is 2. The molecule has 2 rings (SSSR count). The van der Waals surface area contributed by atoms with Crippen LogP contribution >= 0.6 is 0 Å². The van der Waals surface area contributed by atoms with Crippen LogP contribution in [-0.4, -0.2) is 7.05 Å². The maximum atomic E-state index is 14.1. The van der Waals surface area contributed by atoms with Crippen LogP contribution in [0.5, 0.6) is 0 Å². The van der Waals surface area contributed by atoms with Gasteiger partial charge in [-0.05, 0) is 86.8 Å². The number of unbranched alkanes of at least 4 members (excludes halogenated alkanes) is 1. The second-order valence-electron chi connectivity index (χ2n) is 7.88. The second kappa shape index (κ2) is 12.0. The molecule has 0 atom stereocenters. The molecule has 2 aromatic rings. The number of rotatable bonds is 8. The van der Waals surface area contributed by atoms with Crippen LogP contribution in [-0.2, 0) is 18.5 Å². The van der Waals surface area contributed by atoms with Crippen LogP contribution in [0.1, 0.15) is 61.4 Å². The summed E-state index contributed by atoms with van der Waals surface area (Å²) < 4.78 is 14.1. The normalized spacial score (nSPS) is 11.6. The van der Waals surface area contributed by atoms with Gasteiger partial charge in [0.25, 0.3) is 0 Å². The lowest BCUT2D eigenvalue weighted by Crippen LogP contribution is -2.09. The Morgan fingerprint density at radius 2 is 1.77 bits per heavy atom. The molecular formula is C27H35FN2. The first-order valence-electron chi connectivity index (χ1n) is 10.4. The molecule has 1 N–H and O–H groups in total. The lowest BCUT2D eigenvalue weighted by atomic mass is 9.94. The second-order valence-corrected chi connectivity index (χ2v) is 7.88. The molecule has 0 aliphatic heterocycles. The van der Waals surface area contributed by atoms with Crippen molar-refractivity contribution in [2.75, 3.05) is 7.05 Å². The Balaban J connectivity index is 0.00000218. The summed E-state index contributed by atoms with van der Waals surface area (Å²) in [6.45, 7) is 13.3. The zero-order chi connectivity index (χ0) is 22.7. The van der Waals surface area contributed by atoms with Gasteiger partial charge in [-0.15, -0.1) is 13.2 Å². The van der Waals surface area contributed by atoms with E-state index in [0.29, 0.717) is 5.70 Å². The van der Waals surface area contributed by atoms with E-state index < -0.39 is 5.67 Å². The molecule has 160 valence electrons. The number of nitriles is 1. The lowest BCUT2D eigenvalue weighted by Gasteiger charge is -2.15. The van der Waals surface area contributed by atoms with E-state index in [2.05, 4.69) is 55.7 Å². The summed E-state index contributed by atoms with van der Waals surface area (Å²) >= 11 is 0. The summed E-state index contributed by atoms with van der Waals surface area (Å²) in [6.07, 6.45) is 4.17. The van der Waals surface area contributed by atoms with Gasteiger partial charge in [-0.1, -0.05) is 42.5 Å². The molecule has 2 aromatic carbocycles. The molecular weight excluding hydrogens is 371 g/mol. The molecule has 0 saturated heterocycles. The Morgan fingerprint density at radius 3 is 2.33 bits per heavy atom. The standard InChI is InChI=1S/C25H31FN2.C2H4/c1-18-15-22(19(2)24(17-27)28-5)14-13-21(18)11-7-6-9-20-10-8-12-23(16-20)25(3,4)26;1-2/h8,10,12-16,28H,6-7,9,11H2,1-5H3;1-2H2/b24-19+;. The molecule has 0 aliphatic carbocycles. The van der Waals surface area contributed by atoms with Gasteiger partial charge in [0.2, 0.25) is 0 Å². The van der Waals surface area contributed by atoms with Crippen LogP contribution in [0.15, 0.2) is 61.3 Å². The molecule has 0 spiro atoms. The first-order chi connectivity index (χ1) is 14.3. The molecule has 2 nitrogen and oxygen atoms in total. The van der Waals surface area contributed by atoms with E-state index in [1.807, 2.05) is 25.1 Å². The van der Waals surface area contributed by atoms with Gasteiger partial charge >= 0.3 is 0 Å². The van der Waals surface area contributed by atoms with Crippen molar-refractivity contribution in [1.29, 1.82) is 5.26 Å². The molecule has 30 heavy (non-hydrogen) atoms. The predicted octanol–water partition coefficient (Wildman–Crippen LogP) is 7.04. The molecule has 0 heterocycles. The van der Waals surface area contributed by atoms with Crippen molar-refractivity contribution in [2.24, 2.45) is 0 Å². The zero-order valence-corrected chi connectivity index (χ0v) is 19.1. The molecule has 0 radical (unpaired) electrons. The molecule has 0 aromatic heterocycles. The highest BCUT2D eigenvalue weighted by Gasteiger charge is 2.18. The van der Waals surface area contributed by atoms with Crippen LogP contribution < -0.4 is 5.32 Å². The summed E-state index contributed by atoms with van der Waals surface area (Å²) in [5.41, 5.74) is 5.91. The minimum Gasteiger partial charge on any atom is -0.379 e. The van der Waals surface area contributed by atoms with Gasteiger partial charge in [0.05, 0.1) is 0 Å². The van der Waals surface area contributed by atoms with Crippen molar-refractivity contribution in [3.8, 4) is 6.07 Å². The van der Waals surface area contributed by atoms with Gasteiger partial charge in [-0.25, -0.2) is 4.39 Å². The van der Waals surface area contributed by atoms with Gasteiger partial charge in [-0.2, -0.15) is 5.26 Å². The number of aryl methyl sites for hydroxylation is 3. The average Bonchev–Trinajstić information content (AvgIpc) is 2.74. The van der Waals surface area contributed by atoms with Crippen LogP contribution in [0, 0.1) is 18.3 Å². The summed E-state index contributed by atoms with van der Waals surface area (Å²) in [5.74, 6) is 0. The van der Waals surface area contributed by atoms with E-state index in [1.54, 1.807) is 20.9 Å². The van der Waals surface area contributed by atoms with Crippen LogP contribution in [0.2, 0.25) is 0 Å². The van der Waals surface area contributed by atoms with Crippen LogP contribution in [0.3, 0.4) is 0 Å². The van der Waals surface area contributed by atoms with Gasteiger partial charge in [-0.3, -0.25) is 0 Å². The topological polar surface area (TPSA) is 35.8 Å². The number of alkyl halides is 1. The molecule has 0 amide bonds. The average molecular weight is 407 g/mol. The van der Waals surface area contributed by atoms with Crippen molar-refractivity contribution in [3.63, 3.8) is 0 Å². The molecule has 0 fully saturated rings. The van der Waals surface area contributed by atoms with Gasteiger partial charge in [0.15, 0.2) is 0 Å². The summed E-state index contributed by atoms with van der Waals surface area (Å²) in [4.78, 5) is 0. The molecule has 3 heteroatoms. The fourth-order valence-electron chi connectivity index (χ4n) is 3.42. The summed E-state index contributed by atoms with van der Waals surface area (Å²) in [6, 6.07) is 16.5. The lowest BCUT2D eigenvalue weighted by molar-refractivity contribution is 0.221. The minimum absolute atomic E-state index is 0.603. The number of nitrogens with zero attached hydrogens (tertiary/aromatic N) is 1. The van der Waals surface area contributed by atoms with Crippen LogP contribution in [0.4, 0.5) is 4.39 Å². The Morgan fingerprint density at radius 1 is 1.10 bits per heavy atom. The van der Waals surface area contributed by atoms with Crippen molar-refractivity contribution in [2.45, 2.75) is 59.0 Å². The SMILES string of the molecule is C=C.CN/C(C#N)=C(\C)c1ccc(CCCCc2cccc(C(C)(C)F)c2)c(C)c1. The first-order valence-corrected chi connectivity index (χ1v) is 10.4. The highest BCUT2D eigenvalue weighted by Crippen LogP contribution is 2.26.